The smallest absolute Gasteiger partial charge is 0.324 e. The highest BCUT2D eigenvalue weighted by Gasteiger charge is 2.52. The van der Waals surface area contributed by atoms with E-state index in [0.717, 1.165) is 11.3 Å². The molecule has 0 aliphatic carbocycles. The lowest BCUT2D eigenvalue weighted by Crippen LogP contribution is -2.44. The van der Waals surface area contributed by atoms with Crippen molar-refractivity contribution in [3.63, 3.8) is 0 Å². The molecular weight excluding hydrogens is 397 g/mol. The van der Waals surface area contributed by atoms with Gasteiger partial charge in [-0.1, -0.05) is 49.6 Å². The maximum absolute atomic E-state index is 13.4. The van der Waals surface area contributed by atoms with Gasteiger partial charge in [0.15, 0.2) is 0 Å². The van der Waals surface area contributed by atoms with Crippen LogP contribution in [-0.2, 0) is 15.1 Å². The first kappa shape index (κ1) is 20.8. The largest absolute Gasteiger partial charge is 0.325 e. The van der Waals surface area contributed by atoms with Crippen LogP contribution in [0, 0.1) is 5.82 Å². The predicted octanol–water partition coefficient (Wildman–Crippen LogP) is 4.06. The van der Waals surface area contributed by atoms with Gasteiger partial charge in [-0.3, -0.25) is 14.5 Å². The van der Waals surface area contributed by atoms with E-state index in [0.29, 0.717) is 29.1 Å². The average molecular weight is 418 g/mol. The van der Waals surface area contributed by atoms with Gasteiger partial charge in [0.05, 0.1) is 0 Å². The third-order valence-electron chi connectivity index (χ3n) is 4.83. The van der Waals surface area contributed by atoms with Gasteiger partial charge in [-0.15, -0.1) is 0 Å². The van der Waals surface area contributed by atoms with Crippen molar-refractivity contribution in [1.82, 2.24) is 10.2 Å². The molecule has 4 amide bonds. The number of hydrogen-bond donors (Lipinski definition) is 2. The van der Waals surface area contributed by atoms with Crippen LogP contribution in [0.5, 0.6) is 0 Å². The van der Waals surface area contributed by atoms with Crippen LogP contribution in [0.25, 0.3) is 0 Å². The Bertz CT molecular complexity index is 935. The molecule has 1 heterocycles. The molecule has 6 nitrogen and oxygen atoms in total. The van der Waals surface area contributed by atoms with Crippen LogP contribution in [0.1, 0.15) is 31.7 Å². The number of nitrogens with one attached hydrogen (secondary N) is 2. The van der Waals surface area contributed by atoms with Crippen LogP contribution in [0.2, 0.25) is 5.02 Å². The van der Waals surface area contributed by atoms with Crippen molar-refractivity contribution in [3.8, 4) is 0 Å². The number of unbranched alkanes of at least 4 members (excludes halogenated alkanes) is 1. The topological polar surface area (TPSA) is 78.5 Å². The molecule has 3 rings (SSSR count). The zero-order valence-electron chi connectivity index (χ0n) is 15.9. The molecule has 152 valence electrons. The Morgan fingerprint density at radius 3 is 2.59 bits per heavy atom. The lowest BCUT2D eigenvalue weighted by atomic mass is 9.85. The molecular formula is C21H21ClFN3O3. The first-order valence-corrected chi connectivity index (χ1v) is 9.69. The normalized spacial score (nSPS) is 18.7. The summed E-state index contributed by atoms with van der Waals surface area (Å²) in [5.41, 5.74) is -0.356. The van der Waals surface area contributed by atoms with E-state index in [1.54, 1.807) is 24.3 Å². The summed E-state index contributed by atoms with van der Waals surface area (Å²) < 4.78 is 13.4. The highest BCUT2D eigenvalue weighted by atomic mass is 35.5. The number of amides is 4. The highest BCUT2D eigenvalue weighted by Crippen LogP contribution is 2.34. The van der Waals surface area contributed by atoms with E-state index in [1.807, 2.05) is 6.92 Å². The maximum atomic E-state index is 13.4. The molecule has 2 aromatic carbocycles. The number of anilines is 1. The molecule has 1 fully saturated rings. The molecule has 1 unspecified atom stereocenters. The summed E-state index contributed by atoms with van der Waals surface area (Å²) in [6.07, 6.45) is 1.83. The lowest BCUT2D eigenvalue weighted by molar-refractivity contribution is -0.134. The number of carbonyl (C=O) groups excluding carboxylic acids is 3. The van der Waals surface area contributed by atoms with E-state index in [4.69, 9.17) is 11.6 Å². The molecule has 0 saturated carbocycles. The Morgan fingerprint density at radius 2 is 1.93 bits per heavy atom. The zero-order chi connectivity index (χ0) is 21.0. The SMILES string of the molecule is CCCCC1(c2ccc(F)cc2)NC(=O)N(CC(=O)Nc2cccc(Cl)c2)C1=O. The molecule has 8 heteroatoms. The first-order chi connectivity index (χ1) is 13.9. The Hall–Kier alpha value is -2.93. The summed E-state index contributed by atoms with van der Waals surface area (Å²) in [6, 6.07) is 11.4. The van der Waals surface area contributed by atoms with Crippen molar-refractivity contribution >= 4 is 35.1 Å². The Balaban J connectivity index is 1.81. The molecule has 0 aromatic heterocycles. The van der Waals surface area contributed by atoms with Gasteiger partial charge in [-0.25, -0.2) is 9.18 Å². The fourth-order valence-corrected chi connectivity index (χ4v) is 3.56. The third kappa shape index (κ3) is 4.40. The molecule has 29 heavy (non-hydrogen) atoms. The molecule has 1 aliphatic heterocycles. The first-order valence-electron chi connectivity index (χ1n) is 9.31. The molecule has 1 saturated heterocycles. The van der Waals surface area contributed by atoms with E-state index >= 15 is 0 Å². The number of halogens is 2. The number of benzene rings is 2. The zero-order valence-corrected chi connectivity index (χ0v) is 16.6. The van der Waals surface area contributed by atoms with Gasteiger partial charge in [0.2, 0.25) is 5.91 Å². The monoisotopic (exact) mass is 417 g/mol. The molecule has 0 bridgehead atoms. The number of nitrogens with zero attached hydrogens (tertiary/aromatic N) is 1. The third-order valence-corrected chi connectivity index (χ3v) is 5.06. The van der Waals surface area contributed by atoms with Crippen molar-refractivity contribution in [2.45, 2.75) is 31.7 Å². The highest BCUT2D eigenvalue weighted by molar-refractivity contribution is 6.30. The second kappa shape index (κ2) is 8.61. The van der Waals surface area contributed by atoms with Gasteiger partial charge < -0.3 is 10.6 Å². The quantitative estimate of drug-likeness (QED) is 0.667. The Morgan fingerprint density at radius 1 is 1.21 bits per heavy atom. The minimum atomic E-state index is -1.31. The van der Waals surface area contributed by atoms with Gasteiger partial charge in [-0.05, 0) is 42.3 Å². The van der Waals surface area contributed by atoms with Gasteiger partial charge in [-0.2, -0.15) is 0 Å². The average Bonchev–Trinajstić information content (AvgIpc) is 2.92. The summed E-state index contributed by atoms with van der Waals surface area (Å²) in [6.45, 7) is 1.53. The number of carbonyl (C=O) groups is 3. The van der Waals surface area contributed by atoms with Gasteiger partial charge >= 0.3 is 6.03 Å². The summed E-state index contributed by atoms with van der Waals surface area (Å²) in [5.74, 6) is -1.49. The number of urea groups is 1. The minimum absolute atomic E-state index is 0.353. The van der Waals surface area contributed by atoms with Crippen LogP contribution >= 0.6 is 11.6 Å². The van der Waals surface area contributed by atoms with Crippen molar-refractivity contribution in [3.05, 3.63) is 64.9 Å². The summed E-state index contributed by atoms with van der Waals surface area (Å²) in [5, 5.41) is 5.80. The van der Waals surface area contributed by atoms with Crippen LogP contribution in [0.4, 0.5) is 14.9 Å². The number of rotatable bonds is 7. The Kier molecular flexibility index (Phi) is 6.17. The van der Waals surface area contributed by atoms with Gasteiger partial charge in [0.25, 0.3) is 5.91 Å². The van der Waals surface area contributed by atoms with E-state index in [2.05, 4.69) is 10.6 Å². The summed E-state index contributed by atoms with van der Waals surface area (Å²) in [4.78, 5) is 39.1. The molecule has 0 spiro atoms. The molecule has 2 aromatic rings. The van der Waals surface area contributed by atoms with Crippen LogP contribution < -0.4 is 10.6 Å². The summed E-state index contributed by atoms with van der Waals surface area (Å²) in [7, 11) is 0. The van der Waals surface area contributed by atoms with Crippen LogP contribution in [-0.4, -0.2) is 29.3 Å². The van der Waals surface area contributed by atoms with E-state index < -0.39 is 35.7 Å². The standard InChI is InChI=1S/C21H21ClFN3O3/c1-2-3-11-21(14-7-9-16(23)10-8-14)19(28)26(20(29)25-21)13-18(27)24-17-6-4-5-15(22)12-17/h4-10,12H,2-3,11,13H2,1H3,(H,24,27)(H,25,29). The fraction of sp³-hybridized carbons (Fsp3) is 0.286. The molecule has 0 radical (unpaired) electrons. The Labute approximate surface area is 173 Å². The van der Waals surface area contributed by atoms with Gasteiger partial charge in [0, 0.05) is 10.7 Å². The van der Waals surface area contributed by atoms with Gasteiger partial charge in [0.1, 0.15) is 17.9 Å². The fourth-order valence-electron chi connectivity index (χ4n) is 3.37. The molecule has 1 atom stereocenters. The van der Waals surface area contributed by atoms with E-state index in [9.17, 15) is 18.8 Å². The lowest BCUT2D eigenvalue weighted by Gasteiger charge is -2.27. The predicted molar refractivity (Wildman–Crippen MR) is 108 cm³/mol. The van der Waals surface area contributed by atoms with Crippen molar-refractivity contribution in [2.24, 2.45) is 0 Å². The maximum Gasteiger partial charge on any atom is 0.325 e. The van der Waals surface area contributed by atoms with Crippen molar-refractivity contribution in [2.75, 3.05) is 11.9 Å². The summed E-state index contributed by atoms with van der Waals surface area (Å²) >= 11 is 5.90. The second-order valence-corrected chi connectivity index (χ2v) is 7.33. The molecule has 2 N–H and O–H groups in total. The number of hydrogen-bond acceptors (Lipinski definition) is 3. The van der Waals surface area contributed by atoms with E-state index in [1.165, 1.54) is 24.3 Å². The van der Waals surface area contributed by atoms with Crippen LogP contribution in [0.15, 0.2) is 48.5 Å². The molecule has 1 aliphatic rings. The van der Waals surface area contributed by atoms with Crippen molar-refractivity contribution in [1.29, 1.82) is 0 Å². The van der Waals surface area contributed by atoms with Crippen LogP contribution in [0.3, 0.4) is 0 Å². The van der Waals surface area contributed by atoms with E-state index in [-0.39, 0.29) is 0 Å². The second-order valence-electron chi connectivity index (χ2n) is 6.90. The van der Waals surface area contributed by atoms with Crippen molar-refractivity contribution < 1.29 is 18.8 Å². The minimum Gasteiger partial charge on any atom is -0.324 e. The number of imide groups is 1.